The number of carbonyl (C=O) groups excluding carboxylic acids is 1. The number of aliphatic hydroxyl groups excluding tert-OH is 1. The molecule has 0 heterocycles. The van der Waals surface area contributed by atoms with Gasteiger partial charge in [-0.2, -0.15) is 5.26 Å². The first-order valence-corrected chi connectivity index (χ1v) is 6.09. The van der Waals surface area contributed by atoms with Crippen LogP contribution in [-0.2, 0) is 4.79 Å². The number of hydrogen-bond donors (Lipinski definition) is 2. The Morgan fingerprint density at radius 1 is 1.39 bits per heavy atom. The Kier molecular flexibility index (Phi) is 7.44. The van der Waals surface area contributed by atoms with E-state index in [2.05, 4.69) is 5.32 Å². The summed E-state index contributed by atoms with van der Waals surface area (Å²) in [7, 11) is 0. The number of nitrogens with zero attached hydrogens (tertiary/aromatic N) is 1. The molecule has 0 bridgehead atoms. The van der Waals surface area contributed by atoms with E-state index in [4.69, 9.17) is 10.4 Å². The molecule has 0 radical (unpaired) electrons. The molecule has 0 aliphatic rings. The Morgan fingerprint density at radius 3 is 2.22 bits per heavy atom. The molecule has 0 fully saturated rings. The van der Waals surface area contributed by atoms with Gasteiger partial charge in [-0.1, -0.05) is 26.7 Å². The highest BCUT2D eigenvalue weighted by molar-refractivity contribution is 5.85. The lowest BCUT2D eigenvalue weighted by atomic mass is 9.80. The number of alkyl halides is 2. The van der Waals surface area contributed by atoms with Crippen LogP contribution in [0.2, 0.25) is 0 Å². The quantitative estimate of drug-likeness (QED) is 0.701. The molecule has 0 aromatic carbocycles. The van der Waals surface area contributed by atoms with E-state index >= 15 is 0 Å². The van der Waals surface area contributed by atoms with Gasteiger partial charge in [-0.05, 0) is 12.8 Å². The Hall–Kier alpha value is -1.22. The molecule has 0 aliphatic heterocycles. The first-order valence-electron chi connectivity index (χ1n) is 6.09. The molecular weight excluding hydrogens is 242 g/mol. The van der Waals surface area contributed by atoms with Crippen molar-refractivity contribution in [1.82, 2.24) is 5.32 Å². The Balaban J connectivity index is 4.62. The summed E-state index contributed by atoms with van der Waals surface area (Å²) in [4.78, 5) is 11.9. The van der Waals surface area contributed by atoms with Crippen molar-refractivity contribution in [3.63, 3.8) is 0 Å². The summed E-state index contributed by atoms with van der Waals surface area (Å²) >= 11 is 0. The van der Waals surface area contributed by atoms with Crippen molar-refractivity contribution in [3.8, 4) is 6.07 Å². The second kappa shape index (κ2) is 7.98. The largest absolute Gasteiger partial charge is 0.385 e. The SMILES string of the molecule is CCCC(C#N)(CCC)C(=O)NCC(O)C(F)F. The van der Waals surface area contributed by atoms with Crippen LogP contribution in [0.4, 0.5) is 8.78 Å². The van der Waals surface area contributed by atoms with Gasteiger partial charge in [0, 0.05) is 6.54 Å². The van der Waals surface area contributed by atoms with Crippen molar-refractivity contribution in [2.24, 2.45) is 5.41 Å². The van der Waals surface area contributed by atoms with E-state index in [1.165, 1.54) is 0 Å². The van der Waals surface area contributed by atoms with E-state index in [9.17, 15) is 13.6 Å². The summed E-state index contributed by atoms with van der Waals surface area (Å²) in [5, 5.41) is 20.3. The second-order valence-corrected chi connectivity index (χ2v) is 4.31. The average molecular weight is 262 g/mol. The third kappa shape index (κ3) is 4.57. The minimum absolute atomic E-state index is 0.383. The summed E-state index contributed by atoms with van der Waals surface area (Å²) in [6.07, 6.45) is -2.73. The maximum atomic E-state index is 12.1. The molecule has 6 heteroatoms. The smallest absolute Gasteiger partial charge is 0.265 e. The van der Waals surface area contributed by atoms with Gasteiger partial charge < -0.3 is 10.4 Å². The topological polar surface area (TPSA) is 73.1 Å². The van der Waals surface area contributed by atoms with Crippen molar-refractivity contribution in [3.05, 3.63) is 0 Å². The first-order chi connectivity index (χ1) is 8.43. The highest BCUT2D eigenvalue weighted by Gasteiger charge is 2.37. The second-order valence-electron chi connectivity index (χ2n) is 4.31. The van der Waals surface area contributed by atoms with Crippen LogP contribution in [0, 0.1) is 16.7 Å². The molecular formula is C12H20F2N2O2. The van der Waals surface area contributed by atoms with Crippen molar-refractivity contribution < 1.29 is 18.7 Å². The molecule has 1 amide bonds. The Morgan fingerprint density at radius 2 is 1.89 bits per heavy atom. The maximum Gasteiger partial charge on any atom is 0.265 e. The number of halogens is 2. The summed E-state index contributed by atoms with van der Waals surface area (Å²) in [6, 6.07) is 1.99. The van der Waals surface area contributed by atoms with Gasteiger partial charge in [-0.25, -0.2) is 8.78 Å². The van der Waals surface area contributed by atoms with Crippen LogP contribution in [0.5, 0.6) is 0 Å². The third-order valence-electron chi connectivity index (χ3n) is 2.76. The summed E-state index contributed by atoms with van der Waals surface area (Å²) < 4.78 is 24.2. The van der Waals surface area contributed by atoms with E-state index in [0.29, 0.717) is 25.7 Å². The molecule has 0 aromatic heterocycles. The zero-order chi connectivity index (χ0) is 14.2. The van der Waals surface area contributed by atoms with Crippen LogP contribution in [0.3, 0.4) is 0 Å². The van der Waals surface area contributed by atoms with Crippen molar-refractivity contribution in [2.45, 2.75) is 52.1 Å². The molecule has 1 unspecified atom stereocenters. The molecule has 0 saturated heterocycles. The predicted molar refractivity (Wildman–Crippen MR) is 62.9 cm³/mol. The molecule has 0 spiro atoms. The average Bonchev–Trinajstić information content (AvgIpc) is 2.34. The lowest BCUT2D eigenvalue weighted by Gasteiger charge is -2.25. The van der Waals surface area contributed by atoms with Gasteiger partial charge in [0.05, 0.1) is 6.07 Å². The maximum absolute atomic E-state index is 12.1. The highest BCUT2D eigenvalue weighted by Crippen LogP contribution is 2.29. The fourth-order valence-corrected chi connectivity index (χ4v) is 1.82. The Bertz CT molecular complexity index is 297. The van der Waals surface area contributed by atoms with Crippen LogP contribution < -0.4 is 5.32 Å². The van der Waals surface area contributed by atoms with E-state index in [1.54, 1.807) is 0 Å². The zero-order valence-corrected chi connectivity index (χ0v) is 10.7. The molecule has 2 N–H and O–H groups in total. The van der Waals surface area contributed by atoms with E-state index in [-0.39, 0.29) is 0 Å². The van der Waals surface area contributed by atoms with Crippen LogP contribution in [0.1, 0.15) is 39.5 Å². The van der Waals surface area contributed by atoms with Gasteiger partial charge >= 0.3 is 0 Å². The number of hydrogen-bond acceptors (Lipinski definition) is 3. The van der Waals surface area contributed by atoms with Crippen molar-refractivity contribution in [2.75, 3.05) is 6.54 Å². The monoisotopic (exact) mass is 262 g/mol. The minimum Gasteiger partial charge on any atom is -0.385 e. The Labute approximate surface area is 106 Å². The molecule has 104 valence electrons. The molecule has 18 heavy (non-hydrogen) atoms. The number of carbonyl (C=O) groups is 1. The van der Waals surface area contributed by atoms with E-state index < -0.39 is 30.4 Å². The van der Waals surface area contributed by atoms with Crippen molar-refractivity contribution >= 4 is 5.91 Å². The summed E-state index contributed by atoms with van der Waals surface area (Å²) in [5.74, 6) is -0.576. The molecule has 1 atom stereocenters. The molecule has 4 nitrogen and oxygen atoms in total. The van der Waals surface area contributed by atoms with Gasteiger partial charge in [-0.3, -0.25) is 4.79 Å². The standard InChI is InChI=1S/C12H20F2N2O2/c1-3-5-12(8-15,6-4-2)11(18)16-7-9(17)10(13)14/h9-10,17H,3-7H2,1-2H3,(H,16,18). The van der Waals surface area contributed by atoms with Gasteiger partial charge in [-0.15, -0.1) is 0 Å². The number of nitrogens with one attached hydrogen (secondary N) is 1. The zero-order valence-electron chi connectivity index (χ0n) is 10.7. The summed E-state index contributed by atoms with van der Waals surface area (Å²) in [6.45, 7) is 3.17. The lowest BCUT2D eigenvalue weighted by molar-refractivity contribution is -0.130. The van der Waals surface area contributed by atoms with E-state index in [1.807, 2.05) is 19.9 Å². The van der Waals surface area contributed by atoms with E-state index in [0.717, 1.165) is 0 Å². The number of aliphatic hydroxyl groups is 1. The number of rotatable bonds is 8. The van der Waals surface area contributed by atoms with Crippen LogP contribution in [0.25, 0.3) is 0 Å². The van der Waals surface area contributed by atoms with Crippen LogP contribution in [0.15, 0.2) is 0 Å². The highest BCUT2D eigenvalue weighted by atomic mass is 19.3. The third-order valence-corrected chi connectivity index (χ3v) is 2.76. The lowest BCUT2D eigenvalue weighted by Crippen LogP contribution is -2.44. The molecule has 0 rings (SSSR count). The van der Waals surface area contributed by atoms with Crippen LogP contribution in [-0.4, -0.2) is 30.1 Å². The number of amides is 1. The van der Waals surface area contributed by atoms with Gasteiger partial charge in [0.15, 0.2) is 0 Å². The predicted octanol–water partition coefficient (Wildman–Crippen LogP) is 1.84. The number of nitriles is 1. The molecule has 0 aromatic rings. The molecule has 0 aliphatic carbocycles. The normalized spacial score (nSPS) is 13.2. The first kappa shape index (κ1) is 16.8. The summed E-state index contributed by atoms with van der Waals surface area (Å²) in [5.41, 5.74) is -1.18. The van der Waals surface area contributed by atoms with Crippen molar-refractivity contribution in [1.29, 1.82) is 5.26 Å². The van der Waals surface area contributed by atoms with Gasteiger partial charge in [0.1, 0.15) is 11.5 Å². The van der Waals surface area contributed by atoms with Gasteiger partial charge in [0.2, 0.25) is 5.91 Å². The molecule has 0 saturated carbocycles. The van der Waals surface area contributed by atoms with Crippen LogP contribution >= 0.6 is 0 Å². The van der Waals surface area contributed by atoms with Gasteiger partial charge in [0.25, 0.3) is 6.43 Å². The fraction of sp³-hybridized carbons (Fsp3) is 0.833. The fourth-order valence-electron chi connectivity index (χ4n) is 1.82. The minimum atomic E-state index is -2.90.